The number of likely N-dealkylation sites (tertiary alicyclic amines) is 1. The molecule has 8 nitrogen and oxygen atoms in total. The fourth-order valence-corrected chi connectivity index (χ4v) is 4.62. The maximum Gasteiger partial charge on any atom is 0.293 e. The standard InChI is InChI=1S/C24H21Cl2N5O3/c1-34-31-23-16(11-15(24(31)33)20-17(25)3-2-4-18(20)26)21(27)28-22(29-23)14-7-5-13(6-8-14)12-30-10-9-19(30)32/h2-8,11,19,32H,9-10,12H2,1H3,(H2,27,28,29). The van der Waals surface area contributed by atoms with E-state index >= 15 is 0 Å². The predicted octanol–water partition coefficient (Wildman–Crippen LogP) is 3.60. The molecule has 10 heteroatoms. The molecular weight excluding hydrogens is 477 g/mol. The van der Waals surface area contributed by atoms with Crippen molar-refractivity contribution < 1.29 is 9.94 Å². The van der Waals surface area contributed by atoms with Crippen molar-refractivity contribution in [2.45, 2.75) is 19.2 Å². The lowest BCUT2D eigenvalue weighted by Crippen LogP contribution is -2.46. The number of aliphatic hydroxyl groups excluding tert-OH is 1. The second kappa shape index (κ2) is 8.88. The minimum Gasteiger partial charge on any atom is -0.412 e. The van der Waals surface area contributed by atoms with E-state index in [0.717, 1.165) is 28.8 Å². The first-order chi connectivity index (χ1) is 16.4. The molecule has 1 aliphatic heterocycles. The minimum absolute atomic E-state index is 0.183. The molecule has 1 atom stereocenters. The van der Waals surface area contributed by atoms with Gasteiger partial charge >= 0.3 is 0 Å². The molecule has 3 N–H and O–H groups in total. The molecule has 2 aromatic heterocycles. The average molecular weight is 498 g/mol. The Morgan fingerprint density at radius 2 is 1.85 bits per heavy atom. The number of rotatable bonds is 5. The molecule has 0 saturated carbocycles. The molecule has 2 aromatic carbocycles. The van der Waals surface area contributed by atoms with Crippen LogP contribution in [-0.2, 0) is 6.54 Å². The first-order valence-electron chi connectivity index (χ1n) is 10.6. The number of nitrogen functional groups attached to an aromatic ring is 1. The number of hydrogen-bond acceptors (Lipinski definition) is 7. The summed E-state index contributed by atoms with van der Waals surface area (Å²) in [5, 5.41) is 10.8. The van der Waals surface area contributed by atoms with Gasteiger partial charge in [-0.05, 0) is 30.2 Å². The second-order valence-corrected chi connectivity index (χ2v) is 8.86. The summed E-state index contributed by atoms with van der Waals surface area (Å²) < 4.78 is 1.06. The van der Waals surface area contributed by atoms with Gasteiger partial charge in [0.05, 0.1) is 21.0 Å². The highest BCUT2D eigenvalue weighted by Gasteiger charge is 2.25. The number of anilines is 1. The lowest BCUT2D eigenvalue weighted by atomic mass is 10.1. The van der Waals surface area contributed by atoms with Crippen LogP contribution in [0, 0.1) is 0 Å². The van der Waals surface area contributed by atoms with Gasteiger partial charge in [-0.1, -0.05) is 53.5 Å². The van der Waals surface area contributed by atoms with Gasteiger partial charge in [-0.3, -0.25) is 9.69 Å². The van der Waals surface area contributed by atoms with Crippen LogP contribution < -0.4 is 16.1 Å². The summed E-state index contributed by atoms with van der Waals surface area (Å²) in [6, 6.07) is 14.3. The van der Waals surface area contributed by atoms with Gasteiger partial charge in [-0.2, -0.15) is 0 Å². The highest BCUT2D eigenvalue weighted by atomic mass is 35.5. The molecule has 0 aliphatic carbocycles. The molecule has 5 rings (SSSR count). The van der Waals surface area contributed by atoms with Crippen LogP contribution in [0.3, 0.4) is 0 Å². The summed E-state index contributed by atoms with van der Waals surface area (Å²) in [4.78, 5) is 29.7. The van der Waals surface area contributed by atoms with E-state index in [2.05, 4.69) is 9.97 Å². The Morgan fingerprint density at radius 3 is 2.44 bits per heavy atom. The summed E-state index contributed by atoms with van der Waals surface area (Å²) >= 11 is 12.7. The fraction of sp³-hybridized carbons (Fsp3) is 0.208. The molecule has 0 bridgehead atoms. The second-order valence-electron chi connectivity index (χ2n) is 8.04. The number of benzene rings is 2. The zero-order valence-corrected chi connectivity index (χ0v) is 19.7. The number of pyridine rings is 1. The third-order valence-corrected chi connectivity index (χ3v) is 6.59. The van der Waals surface area contributed by atoms with Crippen molar-refractivity contribution in [2.75, 3.05) is 19.4 Å². The van der Waals surface area contributed by atoms with Crippen molar-refractivity contribution in [1.29, 1.82) is 0 Å². The molecule has 4 aromatic rings. The van der Waals surface area contributed by atoms with E-state index in [9.17, 15) is 9.90 Å². The molecule has 1 unspecified atom stereocenters. The summed E-state index contributed by atoms with van der Waals surface area (Å²) in [6.07, 6.45) is 0.424. The number of halogens is 2. The van der Waals surface area contributed by atoms with Crippen molar-refractivity contribution in [1.82, 2.24) is 19.6 Å². The minimum atomic E-state index is -0.475. The highest BCUT2D eigenvalue weighted by molar-refractivity contribution is 6.39. The van der Waals surface area contributed by atoms with Crippen LogP contribution in [-0.4, -0.2) is 44.6 Å². The molecule has 1 fully saturated rings. The van der Waals surface area contributed by atoms with Crippen LogP contribution in [0.2, 0.25) is 10.0 Å². The number of aliphatic hydroxyl groups is 1. The van der Waals surface area contributed by atoms with Gasteiger partial charge in [0.15, 0.2) is 11.5 Å². The van der Waals surface area contributed by atoms with Gasteiger partial charge in [-0.25, -0.2) is 9.97 Å². The van der Waals surface area contributed by atoms with E-state index in [4.69, 9.17) is 33.8 Å². The summed E-state index contributed by atoms with van der Waals surface area (Å²) in [6.45, 7) is 1.54. The van der Waals surface area contributed by atoms with Crippen LogP contribution in [0.1, 0.15) is 12.0 Å². The third kappa shape index (κ3) is 3.88. The Morgan fingerprint density at radius 1 is 1.15 bits per heavy atom. The van der Waals surface area contributed by atoms with Crippen molar-refractivity contribution >= 4 is 40.1 Å². The zero-order chi connectivity index (χ0) is 24.0. The Balaban J connectivity index is 1.60. The van der Waals surface area contributed by atoms with E-state index in [1.165, 1.54) is 7.11 Å². The number of aromatic nitrogens is 3. The van der Waals surface area contributed by atoms with E-state index in [1.807, 2.05) is 29.2 Å². The number of hydrogen-bond donors (Lipinski definition) is 2. The topological polar surface area (TPSA) is 106 Å². The van der Waals surface area contributed by atoms with Gasteiger partial charge < -0.3 is 15.7 Å². The number of fused-ring (bicyclic) bond motifs is 1. The van der Waals surface area contributed by atoms with E-state index in [1.54, 1.807) is 24.3 Å². The van der Waals surface area contributed by atoms with Gasteiger partial charge in [-0.15, -0.1) is 4.73 Å². The largest absolute Gasteiger partial charge is 0.412 e. The highest BCUT2D eigenvalue weighted by Crippen LogP contribution is 2.35. The van der Waals surface area contributed by atoms with Crippen LogP contribution in [0.15, 0.2) is 53.3 Å². The SMILES string of the molecule is COn1c(=O)c(-c2c(Cl)cccc2Cl)cc2c(N)nc(-c3ccc(CN4CCC4O)cc3)nc21. The Bertz CT molecular complexity index is 1440. The van der Waals surface area contributed by atoms with Gasteiger partial charge in [0.25, 0.3) is 5.56 Å². The summed E-state index contributed by atoms with van der Waals surface area (Å²) in [7, 11) is 1.37. The molecule has 0 radical (unpaired) electrons. The summed E-state index contributed by atoms with van der Waals surface area (Å²) in [5.41, 5.74) is 8.47. The van der Waals surface area contributed by atoms with E-state index in [-0.39, 0.29) is 23.3 Å². The molecule has 1 aliphatic rings. The number of nitrogens with two attached hydrogens (primary N) is 1. The predicted molar refractivity (Wildman–Crippen MR) is 133 cm³/mol. The maximum atomic E-state index is 13.3. The molecule has 0 amide bonds. The Hall–Kier alpha value is -3.17. The van der Waals surface area contributed by atoms with Crippen LogP contribution in [0.25, 0.3) is 33.5 Å². The molecular formula is C24H21Cl2N5O3. The lowest BCUT2D eigenvalue weighted by molar-refractivity contribution is -0.0793. The number of nitrogens with zero attached hydrogens (tertiary/aromatic N) is 4. The van der Waals surface area contributed by atoms with Crippen molar-refractivity contribution in [2.24, 2.45) is 0 Å². The first-order valence-corrected chi connectivity index (χ1v) is 11.4. The zero-order valence-electron chi connectivity index (χ0n) is 18.2. The van der Waals surface area contributed by atoms with Crippen LogP contribution >= 0.6 is 23.2 Å². The fourth-order valence-electron chi connectivity index (χ4n) is 4.02. The Kier molecular flexibility index (Phi) is 5.91. The average Bonchev–Trinajstić information content (AvgIpc) is 2.82. The quantitative estimate of drug-likeness (QED) is 0.433. The third-order valence-electron chi connectivity index (χ3n) is 5.96. The molecule has 1 saturated heterocycles. The van der Waals surface area contributed by atoms with E-state index in [0.29, 0.717) is 33.4 Å². The molecule has 174 valence electrons. The summed E-state index contributed by atoms with van der Waals surface area (Å²) in [5.74, 6) is 0.539. The Labute approximate surface area is 205 Å². The van der Waals surface area contributed by atoms with Crippen LogP contribution in [0.4, 0.5) is 5.82 Å². The van der Waals surface area contributed by atoms with Gasteiger partial charge in [0.1, 0.15) is 19.2 Å². The molecule has 34 heavy (non-hydrogen) atoms. The van der Waals surface area contributed by atoms with Crippen molar-refractivity contribution in [3.63, 3.8) is 0 Å². The smallest absolute Gasteiger partial charge is 0.293 e. The maximum absolute atomic E-state index is 13.3. The van der Waals surface area contributed by atoms with E-state index < -0.39 is 5.56 Å². The van der Waals surface area contributed by atoms with Crippen molar-refractivity contribution in [3.8, 4) is 22.5 Å². The van der Waals surface area contributed by atoms with Crippen molar-refractivity contribution in [3.05, 3.63) is 74.5 Å². The molecule has 0 spiro atoms. The monoisotopic (exact) mass is 497 g/mol. The van der Waals surface area contributed by atoms with Crippen LogP contribution in [0.5, 0.6) is 0 Å². The lowest BCUT2D eigenvalue weighted by Gasteiger charge is -2.36. The van der Waals surface area contributed by atoms with Gasteiger partial charge in [0.2, 0.25) is 0 Å². The normalized spacial score (nSPS) is 15.9. The van der Waals surface area contributed by atoms with Gasteiger partial charge in [0, 0.05) is 24.2 Å². The molecule has 3 heterocycles. The first kappa shape index (κ1) is 22.6.